The number of rotatable bonds is 6. The van der Waals surface area contributed by atoms with Gasteiger partial charge in [-0.3, -0.25) is 4.79 Å². The minimum absolute atomic E-state index is 0.0850. The normalized spacial score (nSPS) is 13.6. The first-order valence-electron chi connectivity index (χ1n) is 8.52. The highest BCUT2D eigenvalue weighted by molar-refractivity contribution is 7.09. The monoisotopic (exact) mass is 386 g/mol. The van der Waals surface area contributed by atoms with Crippen LogP contribution in [-0.4, -0.2) is 27.9 Å². The second-order valence-electron chi connectivity index (χ2n) is 6.19. The van der Waals surface area contributed by atoms with Crippen LogP contribution in [0, 0.1) is 6.92 Å². The third kappa shape index (κ3) is 3.92. The summed E-state index contributed by atoms with van der Waals surface area (Å²) in [6, 6.07) is 5.30. The van der Waals surface area contributed by atoms with Crippen molar-refractivity contribution in [1.29, 1.82) is 0 Å². The molecule has 0 saturated heterocycles. The molecular formula is C18H18N4O4S. The van der Waals surface area contributed by atoms with Gasteiger partial charge in [-0.25, -0.2) is 4.98 Å². The van der Waals surface area contributed by atoms with Gasteiger partial charge in [0.15, 0.2) is 11.5 Å². The quantitative estimate of drug-likeness (QED) is 0.695. The zero-order chi connectivity index (χ0) is 18.8. The van der Waals surface area contributed by atoms with Gasteiger partial charge in [0.1, 0.15) is 5.01 Å². The highest BCUT2D eigenvalue weighted by Gasteiger charge is 2.18. The molecule has 1 N–H and O–H groups in total. The van der Waals surface area contributed by atoms with Crippen molar-refractivity contribution in [3.63, 3.8) is 0 Å². The number of nitrogens with zero attached hydrogens (tertiary/aromatic N) is 3. The number of aryl methyl sites for hydroxylation is 2. The maximum atomic E-state index is 12.2. The van der Waals surface area contributed by atoms with Gasteiger partial charge in [-0.05, 0) is 32.0 Å². The second kappa shape index (κ2) is 7.36. The van der Waals surface area contributed by atoms with Gasteiger partial charge >= 0.3 is 0 Å². The number of carbonyl (C=O) groups excluding carboxylic acids is 1. The van der Waals surface area contributed by atoms with Crippen LogP contribution in [0.1, 0.15) is 36.0 Å². The van der Waals surface area contributed by atoms with Crippen molar-refractivity contribution < 1.29 is 18.7 Å². The van der Waals surface area contributed by atoms with Gasteiger partial charge < -0.3 is 19.2 Å². The molecule has 27 heavy (non-hydrogen) atoms. The summed E-state index contributed by atoms with van der Waals surface area (Å²) in [5.74, 6) is 2.06. The number of hydrogen-bond donors (Lipinski definition) is 1. The number of ether oxygens (including phenoxy) is 2. The van der Waals surface area contributed by atoms with Crippen LogP contribution in [0.5, 0.6) is 11.5 Å². The Morgan fingerprint density at radius 3 is 2.96 bits per heavy atom. The Morgan fingerprint density at radius 1 is 1.30 bits per heavy atom. The molecule has 3 aromatic rings. The number of carbonyl (C=O) groups is 1. The van der Waals surface area contributed by atoms with E-state index in [-0.39, 0.29) is 25.2 Å². The molecule has 0 radical (unpaired) electrons. The molecule has 0 spiro atoms. The predicted molar refractivity (Wildman–Crippen MR) is 97.6 cm³/mol. The lowest BCUT2D eigenvalue weighted by Crippen LogP contribution is -2.26. The summed E-state index contributed by atoms with van der Waals surface area (Å²) in [6.45, 7) is 4.06. The van der Waals surface area contributed by atoms with Crippen LogP contribution in [-0.2, 0) is 11.2 Å². The minimum Gasteiger partial charge on any atom is -0.454 e. The molecule has 140 valence electrons. The Labute approximate surface area is 159 Å². The fraction of sp³-hybridized carbons (Fsp3) is 0.333. The van der Waals surface area contributed by atoms with E-state index in [0.29, 0.717) is 29.7 Å². The van der Waals surface area contributed by atoms with Crippen LogP contribution >= 0.6 is 11.3 Å². The lowest BCUT2D eigenvalue weighted by molar-refractivity contribution is -0.121. The van der Waals surface area contributed by atoms with Gasteiger partial charge in [0, 0.05) is 29.5 Å². The molecule has 9 heteroatoms. The summed E-state index contributed by atoms with van der Waals surface area (Å²) in [4.78, 5) is 16.5. The highest BCUT2D eigenvalue weighted by atomic mass is 32.1. The van der Waals surface area contributed by atoms with Gasteiger partial charge in [-0.2, -0.15) is 0 Å². The van der Waals surface area contributed by atoms with E-state index in [1.165, 1.54) is 11.3 Å². The zero-order valence-corrected chi connectivity index (χ0v) is 15.7. The average Bonchev–Trinajstić information content (AvgIpc) is 3.39. The molecule has 0 fully saturated rings. The van der Waals surface area contributed by atoms with E-state index in [1.54, 1.807) is 12.1 Å². The van der Waals surface area contributed by atoms with Crippen LogP contribution in [0.25, 0.3) is 11.5 Å². The lowest BCUT2D eigenvalue weighted by Gasteiger charge is -2.10. The van der Waals surface area contributed by atoms with Crippen molar-refractivity contribution in [2.45, 2.75) is 32.7 Å². The number of fused-ring (bicyclic) bond motifs is 1. The fourth-order valence-electron chi connectivity index (χ4n) is 2.67. The number of thiazole rings is 1. The number of nitrogens with one attached hydrogen (secondary N) is 1. The molecule has 1 aromatic carbocycles. The van der Waals surface area contributed by atoms with E-state index >= 15 is 0 Å². The molecular weight excluding hydrogens is 368 g/mol. The summed E-state index contributed by atoms with van der Waals surface area (Å²) in [6.07, 6.45) is 0.629. The molecule has 1 aliphatic heterocycles. The smallest absolute Gasteiger partial charge is 0.247 e. The van der Waals surface area contributed by atoms with E-state index in [0.717, 1.165) is 16.3 Å². The van der Waals surface area contributed by atoms with Gasteiger partial charge in [0.2, 0.25) is 24.5 Å². The van der Waals surface area contributed by atoms with Gasteiger partial charge in [-0.15, -0.1) is 21.5 Å². The van der Waals surface area contributed by atoms with Crippen molar-refractivity contribution in [2.75, 3.05) is 6.79 Å². The third-order valence-corrected chi connectivity index (χ3v) is 5.18. The topological polar surface area (TPSA) is 99.4 Å². The van der Waals surface area contributed by atoms with E-state index in [4.69, 9.17) is 13.9 Å². The first-order valence-corrected chi connectivity index (χ1v) is 9.40. The van der Waals surface area contributed by atoms with Gasteiger partial charge in [-0.1, -0.05) is 0 Å². The van der Waals surface area contributed by atoms with Gasteiger partial charge in [0.25, 0.3) is 0 Å². The van der Waals surface area contributed by atoms with E-state index in [1.807, 2.05) is 25.3 Å². The maximum absolute atomic E-state index is 12.2. The molecule has 1 aliphatic rings. The molecule has 0 bridgehead atoms. The third-order valence-electron chi connectivity index (χ3n) is 4.04. The number of hydrogen-bond acceptors (Lipinski definition) is 8. The van der Waals surface area contributed by atoms with Crippen molar-refractivity contribution in [1.82, 2.24) is 20.5 Å². The number of amides is 1. The Bertz CT molecular complexity index is 968. The Balaban J connectivity index is 1.33. The van der Waals surface area contributed by atoms with Crippen LogP contribution in [0.15, 0.2) is 28.0 Å². The molecule has 1 amide bonds. The van der Waals surface area contributed by atoms with Crippen molar-refractivity contribution in [3.8, 4) is 23.0 Å². The van der Waals surface area contributed by atoms with E-state index in [2.05, 4.69) is 20.5 Å². The molecule has 4 rings (SSSR count). The van der Waals surface area contributed by atoms with Crippen molar-refractivity contribution in [2.24, 2.45) is 0 Å². The number of benzene rings is 1. The molecule has 0 aliphatic carbocycles. The van der Waals surface area contributed by atoms with Crippen LogP contribution < -0.4 is 14.8 Å². The summed E-state index contributed by atoms with van der Waals surface area (Å²) in [5, 5.41) is 13.9. The highest BCUT2D eigenvalue weighted by Crippen LogP contribution is 2.35. The van der Waals surface area contributed by atoms with Crippen LogP contribution in [0.3, 0.4) is 0 Å². The second-order valence-corrected chi connectivity index (χ2v) is 7.08. The molecule has 3 heterocycles. The standard InChI is InChI=1S/C18H18N4O4S/c1-10-8-27-18(19-10)11(2)20-15(23)5-6-16-21-22-17(26-16)12-3-4-13-14(7-12)25-9-24-13/h3-4,7-8,11H,5-6,9H2,1-2H3,(H,20,23). The summed E-state index contributed by atoms with van der Waals surface area (Å²) >= 11 is 1.54. The molecule has 8 nitrogen and oxygen atoms in total. The minimum atomic E-state index is -0.122. The van der Waals surface area contributed by atoms with E-state index < -0.39 is 0 Å². The summed E-state index contributed by atoms with van der Waals surface area (Å²) in [5.41, 5.74) is 1.70. The van der Waals surface area contributed by atoms with Crippen LogP contribution in [0.2, 0.25) is 0 Å². The first kappa shape index (κ1) is 17.5. The largest absolute Gasteiger partial charge is 0.454 e. The maximum Gasteiger partial charge on any atom is 0.247 e. The molecule has 0 saturated carbocycles. The summed E-state index contributed by atoms with van der Waals surface area (Å²) in [7, 11) is 0. The fourth-order valence-corrected chi connectivity index (χ4v) is 3.47. The lowest BCUT2D eigenvalue weighted by atomic mass is 10.2. The van der Waals surface area contributed by atoms with Crippen molar-refractivity contribution in [3.05, 3.63) is 40.2 Å². The molecule has 1 unspecified atom stereocenters. The Hall–Kier alpha value is -2.94. The molecule has 2 aromatic heterocycles. The SMILES string of the molecule is Cc1csc(C(C)NC(=O)CCc2nnc(-c3ccc4c(c3)OCO4)o2)n1. The van der Waals surface area contributed by atoms with Crippen LogP contribution in [0.4, 0.5) is 0 Å². The Morgan fingerprint density at radius 2 is 2.15 bits per heavy atom. The molecule has 1 atom stereocenters. The summed E-state index contributed by atoms with van der Waals surface area (Å²) < 4.78 is 16.3. The van der Waals surface area contributed by atoms with Gasteiger partial charge in [0.05, 0.1) is 6.04 Å². The first-order chi connectivity index (χ1) is 13.1. The van der Waals surface area contributed by atoms with E-state index in [9.17, 15) is 4.79 Å². The predicted octanol–water partition coefficient (Wildman–Crippen LogP) is 3.04. The zero-order valence-electron chi connectivity index (χ0n) is 14.9. The Kier molecular flexibility index (Phi) is 4.76. The number of aromatic nitrogens is 3. The van der Waals surface area contributed by atoms with Crippen molar-refractivity contribution >= 4 is 17.2 Å². The average molecular weight is 386 g/mol.